The Kier molecular flexibility index (Phi) is 4.04. The maximum Gasteiger partial charge on any atom is 0.135 e. The standard InChI is InChI=1S/C14H15F2N3/c1-3-12-8-13(17-2)19-14(18-12)6-9-4-10(15)7-11(16)5-9/h4-5,7-8H,3,6H2,1-2H3,(H,17,18,19). The van der Waals surface area contributed by atoms with Gasteiger partial charge in [0.1, 0.15) is 23.3 Å². The van der Waals surface area contributed by atoms with E-state index in [9.17, 15) is 8.78 Å². The van der Waals surface area contributed by atoms with Gasteiger partial charge in [0.05, 0.1) is 0 Å². The van der Waals surface area contributed by atoms with Crippen molar-refractivity contribution < 1.29 is 8.78 Å². The molecule has 0 fully saturated rings. The molecule has 1 heterocycles. The molecule has 100 valence electrons. The normalized spacial score (nSPS) is 10.5. The Bertz CT molecular complexity index is 542. The molecule has 0 spiro atoms. The van der Waals surface area contributed by atoms with E-state index in [-0.39, 0.29) is 0 Å². The van der Waals surface area contributed by atoms with Crippen molar-refractivity contribution in [1.82, 2.24) is 9.97 Å². The molecule has 1 N–H and O–H groups in total. The zero-order chi connectivity index (χ0) is 13.8. The summed E-state index contributed by atoms with van der Waals surface area (Å²) in [4.78, 5) is 8.65. The molecule has 0 saturated heterocycles. The van der Waals surface area contributed by atoms with Crippen LogP contribution in [0.15, 0.2) is 24.3 Å². The summed E-state index contributed by atoms with van der Waals surface area (Å²) >= 11 is 0. The number of aryl methyl sites for hydroxylation is 1. The third kappa shape index (κ3) is 3.47. The van der Waals surface area contributed by atoms with Gasteiger partial charge < -0.3 is 5.32 Å². The Morgan fingerprint density at radius 1 is 1.05 bits per heavy atom. The molecule has 1 aromatic heterocycles. The van der Waals surface area contributed by atoms with Crippen LogP contribution in [0.1, 0.15) is 24.0 Å². The van der Waals surface area contributed by atoms with Crippen molar-refractivity contribution in [2.75, 3.05) is 12.4 Å². The largest absolute Gasteiger partial charge is 0.373 e. The summed E-state index contributed by atoms with van der Waals surface area (Å²) < 4.78 is 26.3. The first-order valence-corrected chi connectivity index (χ1v) is 6.10. The van der Waals surface area contributed by atoms with E-state index in [1.807, 2.05) is 13.0 Å². The van der Waals surface area contributed by atoms with Crippen LogP contribution in [0.3, 0.4) is 0 Å². The summed E-state index contributed by atoms with van der Waals surface area (Å²) in [5.74, 6) is 0.0818. The number of aromatic nitrogens is 2. The minimum Gasteiger partial charge on any atom is -0.373 e. The maximum absolute atomic E-state index is 13.1. The van der Waals surface area contributed by atoms with Crippen molar-refractivity contribution in [3.8, 4) is 0 Å². The third-order valence-electron chi connectivity index (χ3n) is 2.73. The lowest BCUT2D eigenvalue weighted by atomic mass is 10.1. The summed E-state index contributed by atoms with van der Waals surface area (Å²) in [6, 6.07) is 5.30. The fraction of sp³-hybridized carbons (Fsp3) is 0.286. The lowest BCUT2D eigenvalue weighted by Crippen LogP contribution is -2.04. The molecule has 0 amide bonds. The number of rotatable bonds is 4. The Hall–Kier alpha value is -2.04. The highest BCUT2D eigenvalue weighted by atomic mass is 19.1. The van der Waals surface area contributed by atoms with Gasteiger partial charge in [-0.1, -0.05) is 6.92 Å². The number of nitrogens with zero attached hydrogens (tertiary/aromatic N) is 2. The van der Waals surface area contributed by atoms with Gasteiger partial charge in [0, 0.05) is 31.3 Å². The first kappa shape index (κ1) is 13.4. The number of benzene rings is 1. The molecule has 0 saturated carbocycles. The van der Waals surface area contributed by atoms with E-state index in [1.165, 1.54) is 12.1 Å². The monoisotopic (exact) mass is 263 g/mol. The molecule has 2 aromatic rings. The fourth-order valence-electron chi connectivity index (χ4n) is 1.84. The van der Waals surface area contributed by atoms with Gasteiger partial charge in [-0.15, -0.1) is 0 Å². The van der Waals surface area contributed by atoms with Crippen LogP contribution in [-0.2, 0) is 12.8 Å². The van der Waals surface area contributed by atoms with Crippen LogP contribution in [0.4, 0.5) is 14.6 Å². The zero-order valence-electron chi connectivity index (χ0n) is 10.9. The molecule has 0 aliphatic rings. The van der Waals surface area contributed by atoms with Gasteiger partial charge in [0.15, 0.2) is 0 Å². The van der Waals surface area contributed by atoms with Crippen molar-refractivity contribution in [3.05, 3.63) is 53.0 Å². The Balaban J connectivity index is 2.31. The van der Waals surface area contributed by atoms with E-state index < -0.39 is 11.6 Å². The topological polar surface area (TPSA) is 37.8 Å². The maximum atomic E-state index is 13.1. The molecule has 1 aromatic carbocycles. The van der Waals surface area contributed by atoms with Crippen molar-refractivity contribution in [2.24, 2.45) is 0 Å². The number of nitrogens with one attached hydrogen (secondary N) is 1. The number of hydrogen-bond acceptors (Lipinski definition) is 3. The van der Waals surface area contributed by atoms with Crippen LogP contribution in [0.25, 0.3) is 0 Å². The molecule has 3 nitrogen and oxygen atoms in total. The molecule has 0 radical (unpaired) electrons. The van der Waals surface area contributed by atoms with Gasteiger partial charge in [-0.3, -0.25) is 0 Å². The van der Waals surface area contributed by atoms with Crippen LogP contribution in [0.2, 0.25) is 0 Å². The molecule has 19 heavy (non-hydrogen) atoms. The van der Waals surface area contributed by atoms with E-state index in [4.69, 9.17) is 0 Å². The average molecular weight is 263 g/mol. The van der Waals surface area contributed by atoms with Gasteiger partial charge in [-0.25, -0.2) is 18.7 Å². The lowest BCUT2D eigenvalue weighted by Gasteiger charge is -2.07. The predicted molar refractivity (Wildman–Crippen MR) is 70.1 cm³/mol. The average Bonchev–Trinajstić information content (AvgIpc) is 2.37. The van der Waals surface area contributed by atoms with E-state index in [1.54, 1.807) is 7.05 Å². The highest BCUT2D eigenvalue weighted by Gasteiger charge is 2.06. The van der Waals surface area contributed by atoms with Gasteiger partial charge >= 0.3 is 0 Å². The Morgan fingerprint density at radius 3 is 2.32 bits per heavy atom. The van der Waals surface area contributed by atoms with Crippen LogP contribution in [-0.4, -0.2) is 17.0 Å². The smallest absolute Gasteiger partial charge is 0.135 e. The quantitative estimate of drug-likeness (QED) is 0.921. The Morgan fingerprint density at radius 2 is 1.74 bits per heavy atom. The van der Waals surface area contributed by atoms with Crippen LogP contribution in [0.5, 0.6) is 0 Å². The summed E-state index contributed by atoms with van der Waals surface area (Å²) in [7, 11) is 1.77. The first-order valence-electron chi connectivity index (χ1n) is 6.10. The Labute approximate surface area is 110 Å². The van der Waals surface area contributed by atoms with Gasteiger partial charge in [0.2, 0.25) is 0 Å². The predicted octanol–water partition coefficient (Wildman–Crippen LogP) is 2.95. The number of anilines is 1. The third-order valence-corrected chi connectivity index (χ3v) is 2.73. The summed E-state index contributed by atoms with van der Waals surface area (Å²) in [5.41, 5.74) is 1.42. The van der Waals surface area contributed by atoms with E-state index in [2.05, 4.69) is 15.3 Å². The summed E-state index contributed by atoms with van der Waals surface area (Å²) in [6.07, 6.45) is 1.08. The second kappa shape index (κ2) is 5.73. The molecule has 0 aliphatic heterocycles. The number of hydrogen-bond donors (Lipinski definition) is 1. The minimum absolute atomic E-state index is 0.303. The zero-order valence-corrected chi connectivity index (χ0v) is 10.9. The molecule has 0 atom stereocenters. The van der Waals surface area contributed by atoms with E-state index in [0.29, 0.717) is 23.6 Å². The molecule has 0 bridgehead atoms. The van der Waals surface area contributed by atoms with Gasteiger partial charge in [-0.2, -0.15) is 0 Å². The van der Waals surface area contributed by atoms with Gasteiger partial charge in [0.25, 0.3) is 0 Å². The van der Waals surface area contributed by atoms with Crippen molar-refractivity contribution in [2.45, 2.75) is 19.8 Å². The van der Waals surface area contributed by atoms with E-state index in [0.717, 1.165) is 18.2 Å². The SMILES string of the molecule is CCc1cc(NC)nc(Cc2cc(F)cc(F)c2)n1. The van der Waals surface area contributed by atoms with Crippen molar-refractivity contribution in [3.63, 3.8) is 0 Å². The van der Waals surface area contributed by atoms with Crippen molar-refractivity contribution in [1.29, 1.82) is 0 Å². The van der Waals surface area contributed by atoms with Crippen LogP contribution < -0.4 is 5.32 Å². The fourth-order valence-corrected chi connectivity index (χ4v) is 1.84. The summed E-state index contributed by atoms with van der Waals surface area (Å²) in [5, 5.41) is 2.95. The number of halogens is 2. The highest BCUT2D eigenvalue weighted by Crippen LogP contribution is 2.13. The van der Waals surface area contributed by atoms with Gasteiger partial charge in [-0.05, 0) is 24.1 Å². The highest BCUT2D eigenvalue weighted by molar-refractivity contribution is 5.36. The van der Waals surface area contributed by atoms with Crippen LogP contribution in [0, 0.1) is 11.6 Å². The second-order valence-electron chi connectivity index (χ2n) is 4.22. The first-order chi connectivity index (χ1) is 9.10. The molecular weight excluding hydrogens is 248 g/mol. The van der Waals surface area contributed by atoms with E-state index >= 15 is 0 Å². The van der Waals surface area contributed by atoms with Crippen LogP contribution >= 0.6 is 0 Å². The molecule has 2 rings (SSSR count). The molecule has 5 heteroatoms. The summed E-state index contributed by atoms with van der Waals surface area (Å²) in [6.45, 7) is 1.99. The lowest BCUT2D eigenvalue weighted by molar-refractivity contribution is 0.580. The molecular formula is C14H15F2N3. The molecule has 0 unspecified atom stereocenters. The van der Waals surface area contributed by atoms with Crippen molar-refractivity contribution >= 4 is 5.82 Å². The second-order valence-corrected chi connectivity index (χ2v) is 4.22. The minimum atomic E-state index is -0.588. The molecule has 0 aliphatic carbocycles.